The molecule has 0 aliphatic carbocycles. The predicted octanol–water partition coefficient (Wildman–Crippen LogP) is 3.29. The van der Waals surface area contributed by atoms with Gasteiger partial charge in [0.2, 0.25) is 0 Å². The lowest BCUT2D eigenvalue weighted by Crippen LogP contribution is -2.13. The van der Waals surface area contributed by atoms with E-state index in [1.54, 1.807) is 0 Å². The largest absolute Gasteiger partial charge is 0.492 e. The summed E-state index contributed by atoms with van der Waals surface area (Å²) in [5.74, 6) is 2.51. The number of hydrogen-bond donors (Lipinski definition) is 1. The van der Waals surface area contributed by atoms with Gasteiger partial charge in [-0.25, -0.2) is 9.97 Å². The van der Waals surface area contributed by atoms with Gasteiger partial charge >= 0.3 is 0 Å². The van der Waals surface area contributed by atoms with Crippen LogP contribution in [-0.2, 0) is 6.42 Å². The van der Waals surface area contributed by atoms with Gasteiger partial charge in [0.25, 0.3) is 0 Å². The van der Waals surface area contributed by atoms with Gasteiger partial charge in [0.15, 0.2) is 0 Å². The summed E-state index contributed by atoms with van der Waals surface area (Å²) in [4.78, 5) is 8.65. The van der Waals surface area contributed by atoms with E-state index in [9.17, 15) is 0 Å². The number of nitrogens with one attached hydrogen (secondary N) is 1. The zero-order valence-corrected chi connectivity index (χ0v) is 12.4. The standard InChI is InChI=1S/C14H16BrN3O/c1-2-13-17-12(15)10-14(18-13)16-8-9-19-11-6-4-3-5-7-11/h3-7,10H,2,8-9H2,1H3,(H,16,17,18). The Hall–Kier alpha value is -1.62. The first-order chi connectivity index (χ1) is 9.28. The molecule has 1 aromatic carbocycles. The minimum absolute atomic E-state index is 0.590. The van der Waals surface area contributed by atoms with E-state index in [-0.39, 0.29) is 0 Å². The molecule has 2 rings (SSSR count). The fraction of sp³-hybridized carbons (Fsp3) is 0.286. The van der Waals surface area contributed by atoms with Gasteiger partial charge in [0.05, 0.1) is 6.54 Å². The Morgan fingerprint density at radius 1 is 1.21 bits per heavy atom. The van der Waals surface area contributed by atoms with Crippen molar-refractivity contribution in [2.24, 2.45) is 0 Å². The zero-order chi connectivity index (χ0) is 13.5. The van der Waals surface area contributed by atoms with Crippen LogP contribution in [0.5, 0.6) is 5.75 Å². The van der Waals surface area contributed by atoms with E-state index in [2.05, 4.69) is 31.2 Å². The fourth-order valence-corrected chi connectivity index (χ4v) is 2.00. The van der Waals surface area contributed by atoms with Crippen LogP contribution in [0.1, 0.15) is 12.7 Å². The minimum atomic E-state index is 0.590. The van der Waals surface area contributed by atoms with Crippen LogP contribution in [0.4, 0.5) is 5.82 Å². The molecule has 0 atom stereocenters. The molecule has 1 N–H and O–H groups in total. The van der Waals surface area contributed by atoms with Crippen LogP contribution in [0, 0.1) is 0 Å². The molecule has 5 heteroatoms. The molecule has 0 aliphatic heterocycles. The summed E-state index contributed by atoms with van der Waals surface area (Å²) in [7, 11) is 0. The summed E-state index contributed by atoms with van der Waals surface area (Å²) in [5.41, 5.74) is 0. The van der Waals surface area contributed by atoms with E-state index in [0.29, 0.717) is 13.2 Å². The van der Waals surface area contributed by atoms with Gasteiger partial charge in [0, 0.05) is 12.5 Å². The zero-order valence-electron chi connectivity index (χ0n) is 10.8. The number of para-hydroxylation sites is 1. The fourth-order valence-electron chi connectivity index (χ4n) is 1.58. The van der Waals surface area contributed by atoms with Crippen LogP contribution in [0.2, 0.25) is 0 Å². The van der Waals surface area contributed by atoms with Gasteiger partial charge in [-0.15, -0.1) is 0 Å². The van der Waals surface area contributed by atoms with Gasteiger partial charge in [0.1, 0.15) is 28.6 Å². The van der Waals surface area contributed by atoms with Crippen molar-refractivity contribution in [2.45, 2.75) is 13.3 Å². The monoisotopic (exact) mass is 321 g/mol. The first kappa shape index (κ1) is 13.8. The second-order valence-electron chi connectivity index (χ2n) is 3.93. The van der Waals surface area contributed by atoms with Gasteiger partial charge in [-0.3, -0.25) is 0 Å². The Bertz CT molecular complexity index is 519. The van der Waals surface area contributed by atoms with Crippen LogP contribution in [0.3, 0.4) is 0 Å². The maximum atomic E-state index is 5.60. The first-order valence-electron chi connectivity index (χ1n) is 6.23. The van der Waals surface area contributed by atoms with Crippen molar-refractivity contribution in [3.8, 4) is 5.75 Å². The highest BCUT2D eigenvalue weighted by Crippen LogP contribution is 2.12. The van der Waals surface area contributed by atoms with E-state index in [1.807, 2.05) is 43.3 Å². The highest BCUT2D eigenvalue weighted by molar-refractivity contribution is 9.10. The van der Waals surface area contributed by atoms with E-state index in [1.165, 1.54) is 0 Å². The van der Waals surface area contributed by atoms with E-state index in [4.69, 9.17) is 4.74 Å². The number of aryl methyl sites for hydroxylation is 1. The summed E-state index contributed by atoms with van der Waals surface area (Å²) in [6, 6.07) is 11.6. The number of nitrogens with zero attached hydrogens (tertiary/aromatic N) is 2. The molecular weight excluding hydrogens is 306 g/mol. The third-order valence-electron chi connectivity index (χ3n) is 2.48. The normalized spacial score (nSPS) is 10.2. The lowest BCUT2D eigenvalue weighted by atomic mass is 10.3. The number of anilines is 1. The third kappa shape index (κ3) is 4.52. The highest BCUT2D eigenvalue weighted by Gasteiger charge is 2.01. The topological polar surface area (TPSA) is 47.0 Å². The van der Waals surface area contributed by atoms with Crippen molar-refractivity contribution in [2.75, 3.05) is 18.5 Å². The highest BCUT2D eigenvalue weighted by atomic mass is 79.9. The molecule has 4 nitrogen and oxygen atoms in total. The van der Waals surface area contributed by atoms with Crippen LogP contribution < -0.4 is 10.1 Å². The van der Waals surface area contributed by atoms with E-state index in [0.717, 1.165) is 28.4 Å². The van der Waals surface area contributed by atoms with Gasteiger partial charge in [-0.1, -0.05) is 25.1 Å². The van der Waals surface area contributed by atoms with Crippen molar-refractivity contribution in [3.63, 3.8) is 0 Å². The Morgan fingerprint density at radius 2 is 2.00 bits per heavy atom. The van der Waals surface area contributed by atoms with E-state index < -0.39 is 0 Å². The number of benzene rings is 1. The molecule has 2 aromatic rings. The lowest BCUT2D eigenvalue weighted by molar-refractivity contribution is 0.332. The smallest absolute Gasteiger partial charge is 0.131 e. The molecule has 100 valence electrons. The molecule has 0 amide bonds. The number of rotatable bonds is 6. The van der Waals surface area contributed by atoms with Gasteiger partial charge in [-0.05, 0) is 28.1 Å². The van der Waals surface area contributed by atoms with Crippen LogP contribution in [0.25, 0.3) is 0 Å². The predicted molar refractivity (Wildman–Crippen MR) is 79.5 cm³/mol. The third-order valence-corrected chi connectivity index (χ3v) is 2.88. The molecular formula is C14H16BrN3O. The van der Waals surface area contributed by atoms with Crippen molar-refractivity contribution in [3.05, 3.63) is 46.8 Å². The molecule has 0 fully saturated rings. The average Bonchev–Trinajstić information content (AvgIpc) is 2.44. The molecule has 0 unspecified atom stereocenters. The second-order valence-corrected chi connectivity index (χ2v) is 4.75. The van der Waals surface area contributed by atoms with Crippen molar-refractivity contribution >= 4 is 21.7 Å². The molecule has 0 spiro atoms. The van der Waals surface area contributed by atoms with Crippen molar-refractivity contribution in [1.82, 2.24) is 9.97 Å². The van der Waals surface area contributed by atoms with Crippen LogP contribution in [0.15, 0.2) is 41.0 Å². The van der Waals surface area contributed by atoms with Crippen LogP contribution in [-0.4, -0.2) is 23.1 Å². The number of aromatic nitrogens is 2. The maximum absolute atomic E-state index is 5.60. The molecule has 19 heavy (non-hydrogen) atoms. The Morgan fingerprint density at radius 3 is 2.74 bits per heavy atom. The Kier molecular flexibility index (Phi) is 5.15. The first-order valence-corrected chi connectivity index (χ1v) is 7.02. The lowest BCUT2D eigenvalue weighted by Gasteiger charge is -2.09. The second kappa shape index (κ2) is 7.09. The summed E-state index contributed by atoms with van der Waals surface area (Å²) >= 11 is 3.38. The molecule has 0 bridgehead atoms. The molecule has 0 aliphatic rings. The summed E-state index contributed by atoms with van der Waals surface area (Å²) in [6.07, 6.45) is 0.814. The quantitative estimate of drug-likeness (QED) is 0.655. The average molecular weight is 322 g/mol. The van der Waals surface area contributed by atoms with Crippen LogP contribution >= 0.6 is 15.9 Å². The minimum Gasteiger partial charge on any atom is -0.492 e. The Balaban J connectivity index is 1.81. The van der Waals surface area contributed by atoms with Gasteiger partial charge < -0.3 is 10.1 Å². The van der Waals surface area contributed by atoms with Gasteiger partial charge in [-0.2, -0.15) is 0 Å². The number of ether oxygens (including phenoxy) is 1. The summed E-state index contributed by atoms with van der Waals surface area (Å²) < 4.78 is 6.39. The molecule has 0 saturated heterocycles. The Labute approximate surface area is 121 Å². The summed E-state index contributed by atoms with van der Waals surface area (Å²) in [6.45, 7) is 3.32. The number of halogens is 1. The number of hydrogen-bond acceptors (Lipinski definition) is 4. The maximum Gasteiger partial charge on any atom is 0.131 e. The summed E-state index contributed by atoms with van der Waals surface area (Å²) in [5, 5.41) is 3.22. The molecule has 1 heterocycles. The SMILES string of the molecule is CCc1nc(Br)cc(NCCOc2ccccc2)n1. The van der Waals surface area contributed by atoms with Crippen molar-refractivity contribution in [1.29, 1.82) is 0 Å². The molecule has 0 saturated carbocycles. The molecule has 1 aromatic heterocycles. The van der Waals surface area contributed by atoms with Crippen molar-refractivity contribution < 1.29 is 4.74 Å². The molecule has 0 radical (unpaired) electrons. The van der Waals surface area contributed by atoms with E-state index >= 15 is 0 Å².